The van der Waals surface area contributed by atoms with Crippen molar-refractivity contribution in [3.63, 3.8) is 0 Å². The van der Waals surface area contributed by atoms with Crippen molar-refractivity contribution in [1.29, 1.82) is 0 Å². The van der Waals surface area contributed by atoms with E-state index in [1.165, 1.54) is 12.1 Å². The number of hydrogen-bond donors (Lipinski definition) is 1. The van der Waals surface area contributed by atoms with Gasteiger partial charge in [0.2, 0.25) is 0 Å². The number of H-pyrrole nitrogens is 1. The summed E-state index contributed by atoms with van der Waals surface area (Å²) >= 11 is 11.7. The number of halogens is 3. The van der Waals surface area contributed by atoms with Crippen molar-refractivity contribution in [3.8, 4) is 5.69 Å². The number of nitrogens with zero attached hydrogens (tertiary/aromatic N) is 1. The van der Waals surface area contributed by atoms with E-state index in [-0.39, 0.29) is 5.82 Å². The summed E-state index contributed by atoms with van der Waals surface area (Å²) in [6.07, 6.45) is 3.86. The zero-order chi connectivity index (χ0) is 18.8. The Labute approximate surface area is 165 Å². The SMILES string of the molecule is Clc1ccc2[nH]ccc2c1.Fc1ccc(-n2ccc3cc(Cl)ccc32)cc1. The molecule has 2 nitrogen and oxygen atoms in total. The molecule has 134 valence electrons. The van der Waals surface area contributed by atoms with Gasteiger partial charge in [0.05, 0.1) is 5.52 Å². The van der Waals surface area contributed by atoms with Crippen LogP contribution < -0.4 is 0 Å². The summed E-state index contributed by atoms with van der Waals surface area (Å²) in [7, 11) is 0. The molecule has 2 heterocycles. The van der Waals surface area contributed by atoms with Crippen LogP contribution in [-0.2, 0) is 0 Å². The molecule has 0 fully saturated rings. The standard InChI is InChI=1S/C14H9ClFN.C8H6ClN/c15-11-1-6-14-10(9-11)7-8-17(14)13-4-2-12(16)3-5-13;9-7-1-2-8-6(5-7)3-4-10-8/h1-9H;1-5,10H. The molecule has 0 aliphatic rings. The fraction of sp³-hybridized carbons (Fsp3) is 0. The van der Waals surface area contributed by atoms with E-state index in [1.54, 1.807) is 12.1 Å². The third-order valence-electron chi connectivity index (χ3n) is 4.27. The van der Waals surface area contributed by atoms with E-state index >= 15 is 0 Å². The maximum absolute atomic E-state index is 12.9. The highest BCUT2D eigenvalue weighted by atomic mass is 35.5. The van der Waals surface area contributed by atoms with Crippen LogP contribution in [0.4, 0.5) is 4.39 Å². The summed E-state index contributed by atoms with van der Waals surface area (Å²) in [4.78, 5) is 3.09. The fourth-order valence-electron chi connectivity index (χ4n) is 2.96. The van der Waals surface area contributed by atoms with Gasteiger partial charge in [0.15, 0.2) is 0 Å². The number of aromatic nitrogens is 2. The van der Waals surface area contributed by atoms with Gasteiger partial charge in [-0.05, 0) is 72.8 Å². The van der Waals surface area contributed by atoms with Crippen LogP contribution >= 0.6 is 23.2 Å². The molecule has 0 spiro atoms. The van der Waals surface area contributed by atoms with Crippen molar-refractivity contribution >= 4 is 45.0 Å². The molecule has 27 heavy (non-hydrogen) atoms. The first-order valence-electron chi connectivity index (χ1n) is 8.35. The summed E-state index contributed by atoms with van der Waals surface area (Å²) in [6, 6.07) is 21.9. The summed E-state index contributed by atoms with van der Waals surface area (Å²) in [5, 5.41) is 3.73. The van der Waals surface area contributed by atoms with E-state index in [9.17, 15) is 4.39 Å². The average molecular weight is 397 g/mol. The van der Waals surface area contributed by atoms with Crippen LogP contribution in [0.2, 0.25) is 10.0 Å². The molecule has 0 bridgehead atoms. The van der Waals surface area contributed by atoms with Crippen molar-refractivity contribution in [3.05, 3.63) is 101 Å². The van der Waals surface area contributed by atoms with Gasteiger partial charge in [-0.3, -0.25) is 0 Å². The Morgan fingerprint density at radius 1 is 0.741 bits per heavy atom. The van der Waals surface area contributed by atoms with Gasteiger partial charge in [0.1, 0.15) is 5.82 Å². The minimum absolute atomic E-state index is 0.228. The minimum Gasteiger partial charge on any atom is -0.361 e. The smallest absolute Gasteiger partial charge is 0.123 e. The predicted octanol–water partition coefficient (Wildman–Crippen LogP) is 7.24. The third-order valence-corrected chi connectivity index (χ3v) is 4.74. The van der Waals surface area contributed by atoms with Crippen molar-refractivity contribution < 1.29 is 4.39 Å². The second-order valence-electron chi connectivity index (χ2n) is 6.07. The molecular formula is C22H15Cl2FN2. The van der Waals surface area contributed by atoms with Crippen LogP contribution in [0, 0.1) is 5.82 Å². The zero-order valence-electron chi connectivity index (χ0n) is 14.2. The molecule has 5 rings (SSSR count). The quantitative estimate of drug-likeness (QED) is 0.308. The molecule has 1 N–H and O–H groups in total. The van der Waals surface area contributed by atoms with Gasteiger partial charge in [-0.1, -0.05) is 23.2 Å². The normalized spacial score (nSPS) is 10.8. The topological polar surface area (TPSA) is 20.7 Å². The lowest BCUT2D eigenvalue weighted by Crippen LogP contribution is -1.91. The lowest BCUT2D eigenvalue weighted by Gasteiger charge is -2.05. The molecule has 0 atom stereocenters. The molecular weight excluding hydrogens is 382 g/mol. The van der Waals surface area contributed by atoms with E-state index in [0.717, 1.165) is 32.5 Å². The molecule has 3 aromatic carbocycles. The highest BCUT2D eigenvalue weighted by molar-refractivity contribution is 6.31. The number of fused-ring (bicyclic) bond motifs is 2. The number of rotatable bonds is 1. The lowest BCUT2D eigenvalue weighted by molar-refractivity contribution is 0.627. The van der Waals surface area contributed by atoms with Crippen LogP contribution in [0.15, 0.2) is 85.2 Å². The van der Waals surface area contributed by atoms with Gasteiger partial charge in [0, 0.05) is 44.4 Å². The second-order valence-corrected chi connectivity index (χ2v) is 6.95. The van der Waals surface area contributed by atoms with Crippen molar-refractivity contribution in [2.45, 2.75) is 0 Å². The van der Waals surface area contributed by atoms with Gasteiger partial charge < -0.3 is 9.55 Å². The summed E-state index contributed by atoms with van der Waals surface area (Å²) < 4.78 is 14.9. The third kappa shape index (κ3) is 3.85. The maximum atomic E-state index is 12.9. The fourth-order valence-corrected chi connectivity index (χ4v) is 3.33. The van der Waals surface area contributed by atoms with E-state index in [2.05, 4.69) is 4.98 Å². The number of aromatic amines is 1. The first kappa shape index (κ1) is 17.7. The Bertz CT molecular complexity index is 1210. The summed E-state index contributed by atoms with van der Waals surface area (Å²) in [5.41, 5.74) is 3.12. The highest BCUT2D eigenvalue weighted by Gasteiger charge is 2.03. The Morgan fingerprint density at radius 2 is 1.44 bits per heavy atom. The van der Waals surface area contributed by atoms with E-state index in [4.69, 9.17) is 23.2 Å². The van der Waals surface area contributed by atoms with Gasteiger partial charge in [0.25, 0.3) is 0 Å². The van der Waals surface area contributed by atoms with Gasteiger partial charge in [-0.2, -0.15) is 0 Å². The van der Waals surface area contributed by atoms with E-state index in [0.29, 0.717) is 5.02 Å². The van der Waals surface area contributed by atoms with Gasteiger partial charge >= 0.3 is 0 Å². The first-order chi connectivity index (χ1) is 13.1. The minimum atomic E-state index is -0.228. The molecule has 0 aliphatic heterocycles. The van der Waals surface area contributed by atoms with Crippen LogP contribution in [0.3, 0.4) is 0 Å². The Hall–Kier alpha value is -2.75. The highest BCUT2D eigenvalue weighted by Crippen LogP contribution is 2.23. The number of nitrogens with one attached hydrogen (secondary N) is 1. The second kappa shape index (κ2) is 7.47. The van der Waals surface area contributed by atoms with Gasteiger partial charge in [-0.25, -0.2) is 4.39 Å². The molecule has 5 heteroatoms. The zero-order valence-corrected chi connectivity index (χ0v) is 15.7. The van der Waals surface area contributed by atoms with Crippen LogP contribution in [0.1, 0.15) is 0 Å². The molecule has 0 saturated heterocycles. The number of hydrogen-bond acceptors (Lipinski definition) is 0. The Morgan fingerprint density at radius 3 is 2.22 bits per heavy atom. The monoisotopic (exact) mass is 396 g/mol. The van der Waals surface area contributed by atoms with Crippen molar-refractivity contribution in [2.24, 2.45) is 0 Å². The maximum Gasteiger partial charge on any atom is 0.123 e. The lowest BCUT2D eigenvalue weighted by atomic mass is 10.2. The largest absolute Gasteiger partial charge is 0.361 e. The molecule has 5 aromatic rings. The van der Waals surface area contributed by atoms with E-state index in [1.807, 2.05) is 65.5 Å². The van der Waals surface area contributed by atoms with Crippen molar-refractivity contribution in [2.75, 3.05) is 0 Å². The molecule has 0 saturated carbocycles. The predicted molar refractivity (Wildman–Crippen MR) is 112 cm³/mol. The Balaban J connectivity index is 0.000000153. The Kier molecular flexibility index (Phi) is 4.88. The molecule has 0 radical (unpaired) electrons. The van der Waals surface area contributed by atoms with Gasteiger partial charge in [-0.15, -0.1) is 0 Å². The van der Waals surface area contributed by atoms with Crippen LogP contribution in [0.25, 0.3) is 27.5 Å². The molecule has 2 aromatic heterocycles. The summed E-state index contributed by atoms with van der Waals surface area (Å²) in [5.74, 6) is -0.228. The molecule has 0 unspecified atom stereocenters. The van der Waals surface area contributed by atoms with Crippen LogP contribution in [-0.4, -0.2) is 9.55 Å². The summed E-state index contributed by atoms with van der Waals surface area (Å²) in [6.45, 7) is 0. The molecule has 0 aliphatic carbocycles. The first-order valence-corrected chi connectivity index (χ1v) is 9.11. The average Bonchev–Trinajstić information content (AvgIpc) is 3.29. The van der Waals surface area contributed by atoms with Crippen LogP contribution in [0.5, 0.6) is 0 Å². The number of benzene rings is 3. The molecule has 0 amide bonds. The van der Waals surface area contributed by atoms with Crippen molar-refractivity contribution in [1.82, 2.24) is 9.55 Å². The van der Waals surface area contributed by atoms with E-state index < -0.39 is 0 Å².